The van der Waals surface area contributed by atoms with Crippen LogP contribution >= 0.6 is 11.6 Å². The summed E-state index contributed by atoms with van der Waals surface area (Å²) in [6, 6.07) is 11.3. The molecule has 1 aromatic carbocycles. The molecule has 1 aliphatic heterocycles. The number of anilines is 1. The summed E-state index contributed by atoms with van der Waals surface area (Å²) in [5.74, 6) is 1.59. The maximum Gasteiger partial charge on any atom is 0.263 e. The summed E-state index contributed by atoms with van der Waals surface area (Å²) < 4.78 is 17.0. The van der Waals surface area contributed by atoms with Crippen LogP contribution in [0.15, 0.2) is 57.9 Å². The van der Waals surface area contributed by atoms with Crippen molar-refractivity contribution in [1.29, 1.82) is 0 Å². The van der Waals surface area contributed by atoms with Crippen LogP contribution in [0, 0.1) is 0 Å². The van der Waals surface area contributed by atoms with Crippen LogP contribution in [0.3, 0.4) is 0 Å². The second kappa shape index (κ2) is 7.85. The van der Waals surface area contributed by atoms with Crippen molar-refractivity contribution < 1.29 is 13.7 Å². The van der Waals surface area contributed by atoms with Gasteiger partial charge in [-0.15, -0.1) is 0 Å². The quantitative estimate of drug-likeness (QED) is 0.455. The monoisotopic (exact) mass is 410 g/mol. The minimum Gasteiger partial charge on any atom is -0.467 e. The Bertz CT molecular complexity index is 1090. The molecule has 4 heterocycles. The Balaban J connectivity index is 1.59. The van der Waals surface area contributed by atoms with Crippen molar-refractivity contribution in [3.8, 4) is 11.3 Å². The molecule has 3 aromatic heterocycles. The van der Waals surface area contributed by atoms with Crippen LogP contribution in [-0.2, 0) is 11.3 Å². The Kier molecular flexibility index (Phi) is 4.91. The van der Waals surface area contributed by atoms with Crippen molar-refractivity contribution in [3.05, 3.63) is 59.8 Å². The third-order valence-electron chi connectivity index (χ3n) is 5.04. The lowest BCUT2D eigenvalue weighted by atomic mass is 10.1. The molecule has 7 nitrogen and oxygen atoms in total. The summed E-state index contributed by atoms with van der Waals surface area (Å²) in [5.41, 5.74) is 2.01. The molecule has 1 fully saturated rings. The first-order valence-electron chi connectivity index (χ1n) is 9.53. The highest BCUT2D eigenvalue weighted by Gasteiger charge is 2.25. The number of furan rings is 1. The van der Waals surface area contributed by atoms with Crippen LogP contribution in [0.25, 0.3) is 22.4 Å². The van der Waals surface area contributed by atoms with Gasteiger partial charge in [-0.05, 0) is 37.1 Å². The average molecular weight is 411 g/mol. The van der Waals surface area contributed by atoms with E-state index in [-0.39, 0.29) is 6.10 Å². The summed E-state index contributed by atoms with van der Waals surface area (Å²) >= 11 is 6.05. The normalized spacial score (nSPS) is 16.5. The van der Waals surface area contributed by atoms with Gasteiger partial charge in [0, 0.05) is 23.7 Å². The zero-order valence-electron chi connectivity index (χ0n) is 15.6. The number of halogens is 1. The van der Waals surface area contributed by atoms with Gasteiger partial charge in [0.15, 0.2) is 0 Å². The van der Waals surface area contributed by atoms with Crippen LogP contribution < -0.4 is 4.90 Å². The first-order valence-corrected chi connectivity index (χ1v) is 9.91. The molecule has 0 aliphatic carbocycles. The van der Waals surface area contributed by atoms with E-state index in [0.717, 1.165) is 42.0 Å². The van der Waals surface area contributed by atoms with Crippen molar-refractivity contribution in [1.82, 2.24) is 15.1 Å². The van der Waals surface area contributed by atoms with Crippen LogP contribution in [0.1, 0.15) is 18.6 Å². The predicted octanol–water partition coefficient (Wildman–Crippen LogP) is 4.72. The number of hydrogen-bond donors (Lipinski definition) is 0. The van der Waals surface area contributed by atoms with Gasteiger partial charge in [0.25, 0.3) is 5.71 Å². The minimum atomic E-state index is 0.147. The van der Waals surface area contributed by atoms with E-state index in [1.165, 1.54) is 6.33 Å². The average Bonchev–Trinajstić information content (AvgIpc) is 3.50. The smallest absolute Gasteiger partial charge is 0.263 e. The zero-order valence-corrected chi connectivity index (χ0v) is 16.4. The molecule has 0 saturated carbocycles. The highest BCUT2D eigenvalue weighted by Crippen LogP contribution is 2.34. The zero-order chi connectivity index (χ0) is 19.6. The molecule has 0 radical (unpaired) electrons. The second-order valence-electron chi connectivity index (χ2n) is 7.01. The van der Waals surface area contributed by atoms with Gasteiger partial charge in [-0.25, -0.2) is 4.98 Å². The number of aromatic nitrogens is 3. The van der Waals surface area contributed by atoms with Crippen LogP contribution in [0.5, 0.6) is 0 Å². The fourth-order valence-corrected chi connectivity index (χ4v) is 3.79. The molecule has 0 spiro atoms. The number of benzene rings is 1. The molecule has 29 heavy (non-hydrogen) atoms. The number of nitrogens with zero attached hydrogens (tertiary/aromatic N) is 4. The Hall–Kier alpha value is -2.90. The van der Waals surface area contributed by atoms with Crippen molar-refractivity contribution in [3.63, 3.8) is 0 Å². The molecule has 0 bridgehead atoms. The third kappa shape index (κ3) is 3.71. The van der Waals surface area contributed by atoms with E-state index >= 15 is 0 Å². The molecule has 0 amide bonds. The first kappa shape index (κ1) is 18.1. The summed E-state index contributed by atoms with van der Waals surface area (Å²) in [6.45, 7) is 2.05. The molecular formula is C21H19ClN4O3. The van der Waals surface area contributed by atoms with Crippen LogP contribution in [0.2, 0.25) is 5.02 Å². The first-order chi connectivity index (χ1) is 14.3. The molecule has 4 aromatic rings. The fourth-order valence-electron chi connectivity index (χ4n) is 3.67. The molecule has 1 saturated heterocycles. The maximum absolute atomic E-state index is 6.05. The summed E-state index contributed by atoms with van der Waals surface area (Å²) in [6.07, 6.45) is 5.42. The van der Waals surface area contributed by atoms with Crippen LogP contribution in [0.4, 0.5) is 5.82 Å². The molecule has 8 heteroatoms. The largest absolute Gasteiger partial charge is 0.467 e. The molecular weight excluding hydrogens is 392 g/mol. The predicted molar refractivity (Wildman–Crippen MR) is 109 cm³/mol. The maximum atomic E-state index is 6.05. The Morgan fingerprint density at radius 2 is 2.03 bits per heavy atom. The van der Waals surface area contributed by atoms with Crippen molar-refractivity contribution in [2.75, 3.05) is 18.1 Å². The third-order valence-corrected chi connectivity index (χ3v) is 5.30. The number of fused-ring (bicyclic) bond motifs is 1. The molecule has 1 atom stereocenters. The highest BCUT2D eigenvalue weighted by atomic mass is 35.5. The Morgan fingerprint density at radius 1 is 1.14 bits per heavy atom. The lowest BCUT2D eigenvalue weighted by Gasteiger charge is -2.26. The summed E-state index contributed by atoms with van der Waals surface area (Å²) in [5, 5.41) is 5.69. The molecule has 0 N–H and O–H groups in total. The van der Waals surface area contributed by atoms with Crippen molar-refractivity contribution in [2.45, 2.75) is 25.5 Å². The van der Waals surface area contributed by atoms with Gasteiger partial charge in [0.1, 0.15) is 29.0 Å². The highest BCUT2D eigenvalue weighted by molar-refractivity contribution is 6.30. The SMILES string of the molecule is Clc1ccc(-c2noc3ncnc(N(Cc4ccco4)CC4CCCO4)c23)cc1. The fraction of sp³-hybridized carbons (Fsp3) is 0.286. The number of ether oxygens (including phenoxy) is 1. The lowest BCUT2D eigenvalue weighted by molar-refractivity contribution is 0.115. The molecule has 1 unspecified atom stereocenters. The topological polar surface area (TPSA) is 77.4 Å². The number of hydrogen-bond acceptors (Lipinski definition) is 7. The van der Waals surface area contributed by atoms with Gasteiger partial charge in [0.05, 0.1) is 18.9 Å². The van der Waals surface area contributed by atoms with Gasteiger partial charge in [0.2, 0.25) is 0 Å². The van der Waals surface area contributed by atoms with Crippen LogP contribution in [-0.4, -0.2) is 34.4 Å². The molecule has 1 aliphatic rings. The van der Waals surface area contributed by atoms with E-state index < -0.39 is 0 Å². The number of rotatable bonds is 6. The summed E-state index contributed by atoms with van der Waals surface area (Å²) in [4.78, 5) is 11.0. The van der Waals surface area contributed by atoms with Gasteiger partial charge in [-0.2, -0.15) is 4.98 Å². The summed E-state index contributed by atoms with van der Waals surface area (Å²) in [7, 11) is 0. The van der Waals surface area contributed by atoms with Gasteiger partial charge < -0.3 is 18.6 Å². The van der Waals surface area contributed by atoms with E-state index in [4.69, 9.17) is 25.3 Å². The van der Waals surface area contributed by atoms with E-state index in [2.05, 4.69) is 20.0 Å². The minimum absolute atomic E-state index is 0.147. The Labute approximate surface area is 172 Å². The standard InChI is InChI=1S/C21H19ClN4O3/c22-15-7-5-14(6-8-15)19-18-20(23-13-24-21(18)29-25-19)26(11-16-3-1-9-27-16)12-17-4-2-10-28-17/h1,3,5-9,13,17H,2,4,10-12H2. The second-order valence-corrected chi connectivity index (χ2v) is 7.45. The van der Waals surface area contributed by atoms with Crippen molar-refractivity contribution in [2.24, 2.45) is 0 Å². The van der Waals surface area contributed by atoms with Gasteiger partial charge >= 0.3 is 0 Å². The van der Waals surface area contributed by atoms with E-state index in [1.54, 1.807) is 6.26 Å². The van der Waals surface area contributed by atoms with E-state index in [9.17, 15) is 0 Å². The molecule has 5 rings (SSSR count). The van der Waals surface area contributed by atoms with Gasteiger partial charge in [-0.1, -0.05) is 28.9 Å². The molecule has 148 valence electrons. The lowest BCUT2D eigenvalue weighted by Crippen LogP contribution is -2.32. The Morgan fingerprint density at radius 3 is 2.79 bits per heavy atom. The van der Waals surface area contributed by atoms with Gasteiger partial charge in [-0.3, -0.25) is 0 Å². The van der Waals surface area contributed by atoms with E-state index in [0.29, 0.717) is 29.5 Å². The van der Waals surface area contributed by atoms with E-state index in [1.807, 2.05) is 36.4 Å². The van der Waals surface area contributed by atoms with Crippen molar-refractivity contribution >= 4 is 28.5 Å².